The number of aryl methyl sites for hydroxylation is 1. The minimum atomic E-state index is -1.07. The van der Waals surface area contributed by atoms with Crippen LogP contribution in [-0.4, -0.2) is 52.1 Å². The number of imidazole rings is 1. The number of carboxylic acids is 1. The van der Waals surface area contributed by atoms with E-state index in [-0.39, 0.29) is 5.69 Å². The molecule has 1 aromatic heterocycles. The number of carbonyl (C=O) groups excluding carboxylic acids is 1. The molecule has 0 aliphatic rings. The van der Waals surface area contributed by atoms with Crippen LogP contribution in [0.4, 0.5) is 0 Å². The van der Waals surface area contributed by atoms with Crippen molar-refractivity contribution >= 4 is 11.9 Å². The fourth-order valence-electron chi connectivity index (χ4n) is 2.08. The summed E-state index contributed by atoms with van der Waals surface area (Å²) in [4.78, 5) is 32.0. The van der Waals surface area contributed by atoms with Gasteiger partial charge in [-0.15, -0.1) is 0 Å². The fourth-order valence-corrected chi connectivity index (χ4v) is 2.08. The average molecular weight is 317 g/mol. The van der Waals surface area contributed by atoms with Gasteiger partial charge in [-0.1, -0.05) is 12.1 Å². The highest BCUT2D eigenvalue weighted by Crippen LogP contribution is 2.23. The second-order valence-corrected chi connectivity index (χ2v) is 5.22. The zero-order chi connectivity index (χ0) is 17.1. The standard InChI is InChI=1S/C16H19N3O4/c1-9-13(15(20)19(3)10(2)16(21)22)18-14(17-9)11-6-5-7-12(8-11)23-4/h5-8,10H,1-4H3,(H,17,18)(H,21,22). The van der Waals surface area contributed by atoms with E-state index in [9.17, 15) is 9.59 Å². The van der Waals surface area contributed by atoms with Crippen LogP contribution < -0.4 is 4.74 Å². The molecule has 1 unspecified atom stereocenters. The monoisotopic (exact) mass is 317 g/mol. The van der Waals surface area contributed by atoms with Gasteiger partial charge in [-0.25, -0.2) is 9.78 Å². The summed E-state index contributed by atoms with van der Waals surface area (Å²) in [5.41, 5.74) is 1.57. The van der Waals surface area contributed by atoms with Gasteiger partial charge in [-0.2, -0.15) is 0 Å². The van der Waals surface area contributed by atoms with Crippen LogP contribution in [0, 0.1) is 6.92 Å². The number of methoxy groups -OCH3 is 1. The molecule has 7 nitrogen and oxygen atoms in total. The summed E-state index contributed by atoms with van der Waals surface area (Å²) in [5.74, 6) is -0.299. The Balaban J connectivity index is 2.34. The number of aromatic nitrogens is 2. The van der Waals surface area contributed by atoms with E-state index >= 15 is 0 Å². The van der Waals surface area contributed by atoms with Gasteiger partial charge in [0.15, 0.2) is 0 Å². The molecular weight excluding hydrogens is 298 g/mol. The Morgan fingerprint density at radius 3 is 2.70 bits per heavy atom. The van der Waals surface area contributed by atoms with E-state index in [0.29, 0.717) is 17.3 Å². The van der Waals surface area contributed by atoms with Gasteiger partial charge < -0.3 is 19.7 Å². The van der Waals surface area contributed by atoms with E-state index in [2.05, 4.69) is 9.97 Å². The molecule has 0 spiro atoms. The Morgan fingerprint density at radius 1 is 1.39 bits per heavy atom. The summed E-state index contributed by atoms with van der Waals surface area (Å²) in [6, 6.07) is 6.35. The molecule has 23 heavy (non-hydrogen) atoms. The third kappa shape index (κ3) is 3.33. The molecule has 1 amide bonds. The van der Waals surface area contributed by atoms with E-state index < -0.39 is 17.9 Å². The molecule has 2 N–H and O–H groups in total. The number of nitrogens with zero attached hydrogens (tertiary/aromatic N) is 2. The van der Waals surface area contributed by atoms with Gasteiger partial charge in [0.2, 0.25) is 0 Å². The summed E-state index contributed by atoms with van der Waals surface area (Å²) in [7, 11) is 3.02. The maximum Gasteiger partial charge on any atom is 0.326 e. The minimum absolute atomic E-state index is 0.207. The third-order valence-electron chi connectivity index (χ3n) is 3.69. The number of hydrogen-bond donors (Lipinski definition) is 2. The molecule has 0 aliphatic carbocycles. The van der Waals surface area contributed by atoms with Crippen molar-refractivity contribution in [1.82, 2.24) is 14.9 Å². The second-order valence-electron chi connectivity index (χ2n) is 5.22. The van der Waals surface area contributed by atoms with Gasteiger partial charge in [0, 0.05) is 18.3 Å². The lowest BCUT2D eigenvalue weighted by Crippen LogP contribution is -2.40. The van der Waals surface area contributed by atoms with E-state index in [1.165, 1.54) is 14.0 Å². The van der Waals surface area contributed by atoms with Gasteiger partial charge in [0.1, 0.15) is 23.3 Å². The number of H-pyrrole nitrogens is 1. The Labute approximate surface area is 133 Å². The number of nitrogens with one attached hydrogen (secondary N) is 1. The number of amides is 1. The van der Waals surface area contributed by atoms with Crippen molar-refractivity contribution in [2.75, 3.05) is 14.2 Å². The second kappa shape index (κ2) is 6.51. The highest BCUT2D eigenvalue weighted by Gasteiger charge is 2.26. The molecule has 2 rings (SSSR count). The van der Waals surface area contributed by atoms with E-state index in [1.54, 1.807) is 20.1 Å². The van der Waals surface area contributed by atoms with Crippen molar-refractivity contribution in [2.24, 2.45) is 0 Å². The number of ether oxygens (including phenoxy) is 1. The number of likely N-dealkylation sites (N-methyl/N-ethyl adjacent to an activating group) is 1. The molecule has 0 saturated heterocycles. The first-order chi connectivity index (χ1) is 10.8. The van der Waals surface area contributed by atoms with E-state index in [4.69, 9.17) is 9.84 Å². The molecule has 122 valence electrons. The Bertz CT molecular complexity index is 739. The van der Waals surface area contributed by atoms with E-state index in [1.807, 2.05) is 18.2 Å². The quantitative estimate of drug-likeness (QED) is 0.878. The zero-order valence-electron chi connectivity index (χ0n) is 13.5. The number of carboxylic acid groups (broad SMARTS) is 1. The molecule has 2 aromatic rings. The van der Waals surface area contributed by atoms with Crippen molar-refractivity contribution in [3.8, 4) is 17.1 Å². The minimum Gasteiger partial charge on any atom is -0.497 e. The molecule has 0 fully saturated rings. The van der Waals surface area contributed by atoms with Crippen LogP contribution in [0.3, 0.4) is 0 Å². The predicted molar refractivity (Wildman–Crippen MR) is 84.5 cm³/mol. The summed E-state index contributed by atoms with van der Waals surface area (Å²) in [5, 5.41) is 9.02. The predicted octanol–water partition coefficient (Wildman–Crippen LogP) is 1.94. The third-order valence-corrected chi connectivity index (χ3v) is 3.69. The molecule has 0 bridgehead atoms. The van der Waals surface area contributed by atoms with Gasteiger partial charge in [0.25, 0.3) is 5.91 Å². The van der Waals surface area contributed by atoms with Crippen LogP contribution in [0.5, 0.6) is 5.75 Å². The molecule has 1 atom stereocenters. The van der Waals surface area contributed by atoms with Crippen molar-refractivity contribution in [2.45, 2.75) is 19.9 Å². The largest absolute Gasteiger partial charge is 0.497 e. The summed E-state index contributed by atoms with van der Waals surface area (Å²) >= 11 is 0. The van der Waals surface area contributed by atoms with Crippen LogP contribution in [0.15, 0.2) is 24.3 Å². The lowest BCUT2D eigenvalue weighted by atomic mass is 10.2. The zero-order valence-corrected chi connectivity index (χ0v) is 13.5. The van der Waals surface area contributed by atoms with Gasteiger partial charge in [-0.05, 0) is 26.0 Å². The number of rotatable bonds is 5. The Kier molecular flexibility index (Phi) is 4.68. The lowest BCUT2D eigenvalue weighted by Gasteiger charge is -2.20. The molecule has 0 saturated carbocycles. The molecule has 7 heteroatoms. The normalized spacial score (nSPS) is 11.8. The van der Waals surface area contributed by atoms with E-state index in [0.717, 1.165) is 10.5 Å². The summed E-state index contributed by atoms with van der Waals surface area (Å²) in [6.07, 6.45) is 0. The van der Waals surface area contributed by atoms with Crippen LogP contribution >= 0.6 is 0 Å². The molecule has 1 aromatic carbocycles. The van der Waals surface area contributed by atoms with Crippen LogP contribution in [0.1, 0.15) is 23.1 Å². The topological polar surface area (TPSA) is 95.5 Å². The number of hydrogen-bond acceptors (Lipinski definition) is 4. The Morgan fingerprint density at radius 2 is 2.09 bits per heavy atom. The molecule has 1 heterocycles. The van der Waals surface area contributed by atoms with Crippen molar-refractivity contribution < 1.29 is 19.4 Å². The summed E-state index contributed by atoms with van der Waals surface area (Å²) in [6.45, 7) is 3.17. The van der Waals surface area contributed by atoms with Crippen LogP contribution in [0.25, 0.3) is 11.4 Å². The molecule has 0 radical (unpaired) electrons. The maximum atomic E-state index is 12.4. The first-order valence-electron chi connectivity index (χ1n) is 7.06. The fraction of sp³-hybridized carbons (Fsp3) is 0.312. The highest BCUT2D eigenvalue weighted by atomic mass is 16.5. The van der Waals surface area contributed by atoms with Crippen LogP contribution in [0.2, 0.25) is 0 Å². The number of benzene rings is 1. The highest BCUT2D eigenvalue weighted by molar-refractivity contribution is 5.96. The van der Waals surface area contributed by atoms with Crippen molar-refractivity contribution in [1.29, 1.82) is 0 Å². The van der Waals surface area contributed by atoms with Gasteiger partial charge in [-0.3, -0.25) is 4.79 Å². The maximum absolute atomic E-state index is 12.4. The van der Waals surface area contributed by atoms with Crippen molar-refractivity contribution in [3.05, 3.63) is 35.7 Å². The average Bonchev–Trinajstić information content (AvgIpc) is 2.94. The Hall–Kier alpha value is -2.83. The van der Waals surface area contributed by atoms with Gasteiger partial charge in [0.05, 0.1) is 7.11 Å². The smallest absolute Gasteiger partial charge is 0.326 e. The number of carbonyl (C=O) groups is 2. The first-order valence-corrected chi connectivity index (χ1v) is 7.06. The van der Waals surface area contributed by atoms with Crippen molar-refractivity contribution in [3.63, 3.8) is 0 Å². The molecular formula is C16H19N3O4. The number of aromatic amines is 1. The lowest BCUT2D eigenvalue weighted by molar-refractivity contribution is -0.141. The first kappa shape index (κ1) is 16.5. The van der Waals surface area contributed by atoms with Crippen LogP contribution in [-0.2, 0) is 4.79 Å². The SMILES string of the molecule is COc1cccc(-c2nc(C(=O)N(C)C(C)C(=O)O)c(C)[nH]2)c1. The summed E-state index contributed by atoms with van der Waals surface area (Å²) < 4.78 is 5.17. The molecule has 0 aliphatic heterocycles. The van der Waals surface area contributed by atoms with Gasteiger partial charge >= 0.3 is 5.97 Å². The number of aliphatic carboxylic acids is 1.